The first kappa shape index (κ1) is 14.6. The molecule has 116 valence electrons. The maximum atomic E-state index is 12.0. The number of aromatic nitrogens is 2. The Morgan fingerprint density at radius 2 is 2.23 bits per heavy atom. The van der Waals surface area contributed by atoms with Gasteiger partial charge in [0.15, 0.2) is 6.10 Å². The molecule has 1 saturated heterocycles. The van der Waals surface area contributed by atoms with Crippen molar-refractivity contribution in [2.45, 2.75) is 38.7 Å². The van der Waals surface area contributed by atoms with Crippen molar-refractivity contribution in [1.82, 2.24) is 14.9 Å². The van der Waals surface area contributed by atoms with Crippen LogP contribution >= 0.6 is 0 Å². The largest absolute Gasteiger partial charge is 0.451 e. The number of imidazole rings is 1. The minimum Gasteiger partial charge on any atom is -0.451 e. The van der Waals surface area contributed by atoms with Gasteiger partial charge in [0.1, 0.15) is 0 Å². The minimum atomic E-state index is -0.511. The number of para-hydroxylation sites is 1. The monoisotopic (exact) mass is 299 g/mol. The molecule has 1 amide bonds. The van der Waals surface area contributed by atoms with E-state index in [1.807, 2.05) is 23.7 Å². The van der Waals surface area contributed by atoms with Gasteiger partial charge in [-0.25, -0.2) is 0 Å². The number of nitrogens with zero attached hydrogens (tertiary/aromatic N) is 2. The van der Waals surface area contributed by atoms with Crippen LogP contribution in [0.25, 0.3) is 11.0 Å². The highest BCUT2D eigenvalue weighted by atomic mass is 16.5. The van der Waals surface area contributed by atoms with Crippen molar-refractivity contribution >= 4 is 16.9 Å². The predicted molar refractivity (Wildman–Crippen MR) is 85.7 cm³/mol. The Morgan fingerprint density at radius 3 is 2.91 bits per heavy atom. The molecule has 3 rings (SSSR count). The normalized spacial score (nSPS) is 18.8. The minimum absolute atomic E-state index is 0.146. The van der Waals surface area contributed by atoms with Gasteiger partial charge in [-0.3, -0.25) is 9.36 Å². The third-order valence-corrected chi connectivity index (χ3v) is 4.05. The van der Waals surface area contributed by atoms with Crippen LogP contribution in [0.15, 0.2) is 30.5 Å². The topological polar surface area (TPSA) is 56.2 Å². The van der Waals surface area contributed by atoms with Gasteiger partial charge in [0.25, 0.3) is 11.9 Å². The van der Waals surface area contributed by atoms with E-state index in [0.29, 0.717) is 18.3 Å². The van der Waals surface area contributed by atoms with E-state index in [4.69, 9.17) is 4.74 Å². The number of fused-ring (bicyclic) bond motifs is 1. The maximum Gasteiger partial charge on any atom is 0.297 e. The van der Waals surface area contributed by atoms with Gasteiger partial charge in [-0.2, -0.15) is 4.98 Å². The molecule has 1 unspecified atom stereocenters. The molecule has 2 aromatic rings. The van der Waals surface area contributed by atoms with Crippen LogP contribution < -0.4 is 10.1 Å². The lowest BCUT2D eigenvalue weighted by atomic mass is 10.0. The van der Waals surface area contributed by atoms with Crippen LogP contribution in [0.2, 0.25) is 0 Å². The number of carbonyl (C=O) groups excluding carboxylic acids is 1. The van der Waals surface area contributed by atoms with E-state index in [1.165, 1.54) is 5.56 Å². The van der Waals surface area contributed by atoms with Crippen LogP contribution in [-0.4, -0.2) is 21.6 Å². The number of rotatable bonds is 3. The van der Waals surface area contributed by atoms with Gasteiger partial charge in [-0.15, -0.1) is 0 Å². The summed E-state index contributed by atoms with van der Waals surface area (Å²) in [4.78, 5) is 16.5. The first-order valence-electron chi connectivity index (χ1n) is 7.58. The summed E-state index contributed by atoms with van der Waals surface area (Å²) in [6, 6.07) is 6.56. The number of allylic oxidation sites excluding steroid dienone is 1. The van der Waals surface area contributed by atoms with Crippen LogP contribution in [0.3, 0.4) is 0 Å². The number of aryl methyl sites for hydroxylation is 1. The van der Waals surface area contributed by atoms with Gasteiger partial charge in [0.2, 0.25) is 0 Å². The van der Waals surface area contributed by atoms with Crippen molar-refractivity contribution in [3.05, 3.63) is 36.0 Å². The maximum absolute atomic E-state index is 12.0. The number of amides is 1. The Bertz CT molecular complexity index is 746. The van der Waals surface area contributed by atoms with E-state index < -0.39 is 6.10 Å². The molecule has 0 aliphatic carbocycles. The highest BCUT2D eigenvalue weighted by molar-refractivity contribution is 5.84. The lowest BCUT2D eigenvalue weighted by molar-refractivity contribution is -0.129. The SMILES string of the molecule is C=C1CCC(Oc2nc3cccc(C(C)C)c3n2C)C(=O)N1. The van der Waals surface area contributed by atoms with E-state index in [2.05, 4.69) is 36.8 Å². The Labute approximate surface area is 130 Å². The van der Waals surface area contributed by atoms with Crippen molar-refractivity contribution in [3.63, 3.8) is 0 Å². The van der Waals surface area contributed by atoms with E-state index >= 15 is 0 Å². The standard InChI is InChI=1S/C17H21N3O2/c1-10(2)12-6-5-7-13-15(12)20(4)17(19-13)22-14-9-8-11(3)18-16(14)21/h5-7,10,14H,3,8-9H2,1-2,4H3,(H,18,21). The van der Waals surface area contributed by atoms with Crippen molar-refractivity contribution in [1.29, 1.82) is 0 Å². The summed E-state index contributed by atoms with van der Waals surface area (Å²) < 4.78 is 7.80. The highest BCUT2D eigenvalue weighted by Crippen LogP contribution is 2.29. The predicted octanol–water partition coefficient (Wildman–Crippen LogP) is 2.87. The first-order valence-corrected chi connectivity index (χ1v) is 7.58. The average Bonchev–Trinajstić information content (AvgIpc) is 2.78. The molecule has 5 heteroatoms. The Balaban J connectivity index is 1.95. The van der Waals surface area contributed by atoms with Crippen LogP contribution in [0, 0.1) is 0 Å². The van der Waals surface area contributed by atoms with E-state index in [1.54, 1.807) is 0 Å². The van der Waals surface area contributed by atoms with Gasteiger partial charge in [0, 0.05) is 12.7 Å². The molecular weight excluding hydrogens is 278 g/mol. The summed E-state index contributed by atoms with van der Waals surface area (Å²) in [6.45, 7) is 8.09. The molecule has 0 bridgehead atoms. The van der Waals surface area contributed by atoms with Crippen molar-refractivity contribution in [2.75, 3.05) is 0 Å². The molecule has 1 aromatic carbocycles. The van der Waals surface area contributed by atoms with Crippen molar-refractivity contribution in [3.8, 4) is 6.01 Å². The highest BCUT2D eigenvalue weighted by Gasteiger charge is 2.27. The molecule has 1 N–H and O–H groups in total. The number of carbonyl (C=O) groups is 1. The summed E-state index contributed by atoms with van der Waals surface area (Å²) in [7, 11) is 1.93. The van der Waals surface area contributed by atoms with Crippen LogP contribution in [0.1, 0.15) is 38.2 Å². The lowest BCUT2D eigenvalue weighted by Crippen LogP contribution is -2.42. The van der Waals surface area contributed by atoms with Crippen LogP contribution in [0.5, 0.6) is 6.01 Å². The molecule has 1 atom stereocenters. The smallest absolute Gasteiger partial charge is 0.297 e. The Kier molecular flexibility index (Phi) is 3.64. The fraction of sp³-hybridized carbons (Fsp3) is 0.412. The third-order valence-electron chi connectivity index (χ3n) is 4.05. The summed E-state index contributed by atoms with van der Waals surface area (Å²) in [6.07, 6.45) is 0.853. The zero-order valence-electron chi connectivity index (χ0n) is 13.2. The molecule has 0 spiro atoms. The zero-order valence-corrected chi connectivity index (χ0v) is 13.2. The number of hydrogen-bond donors (Lipinski definition) is 1. The van der Waals surface area contributed by atoms with Crippen LogP contribution in [0.4, 0.5) is 0 Å². The Hall–Kier alpha value is -2.30. The number of ether oxygens (including phenoxy) is 1. The molecular formula is C17H21N3O2. The molecule has 5 nitrogen and oxygen atoms in total. The molecule has 0 saturated carbocycles. The second-order valence-corrected chi connectivity index (χ2v) is 6.06. The fourth-order valence-electron chi connectivity index (χ4n) is 2.84. The molecule has 1 aromatic heterocycles. The van der Waals surface area contributed by atoms with Gasteiger partial charge in [-0.1, -0.05) is 32.6 Å². The number of benzene rings is 1. The summed E-state index contributed by atoms with van der Waals surface area (Å²) in [5.74, 6) is 0.251. The van der Waals surface area contributed by atoms with E-state index in [0.717, 1.165) is 23.2 Å². The number of hydrogen-bond acceptors (Lipinski definition) is 3. The lowest BCUT2D eigenvalue weighted by Gasteiger charge is -2.23. The fourth-order valence-corrected chi connectivity index (χ4v) is 2.84. The molecule has 1 aliphatic heterocycles. The molecule has 22 heavy (non-hydrogen) atoms. The molecule has 1 fully saturated rings. The second kappa shape index (κ2) is 5.48. The molecule has 0 radical (unpaired) electrons. The van der Waals surface area contributed by atoms with E-state index in [-0.39, 0.29) is 5.91 Å². The summed E-state index contributed by atoms with van der Waals surface area (Å²) in [5.41, 5.74) is 3.93. The summed E-state index contributed by atoms with van der Waals surface area (Å²) in [5, 5.41) is 2.74. The second-order valence-electron chi connectivity index (χ2n) is 6.06. The van der Waals surface area contributed by atoms with Gasteiger partial charge in [-0.05, 0) is 30.4 Å². The number of nitrogens with one attached hydrogen (secondary N) is 1. The average molecular weight is 299 g/mol. The van der Waals surface area contributed by atoms with Gasteiger partial charge in [0.05, 0.1) is 11.0 Å². The third kappa shape index (κ3) is 2.47. The first-order chi connectivity index (χ1) is 10.5. The zero-order chi connectivity index (χ0) is 15.9. The van der Waals surface area contributed by atoms with Gasteiger partial charge < -0.3 is 10.1 Å². The van der Waals surface area contributed by atoms with Crippen LogP contribution in [-0.2, 0) is 11.8 Å². The number of piperidine rings is 1. The quantitative estimate of drug-likeness (QED) is 0.948. The molecule has 2 heterocycles. The van der Waals surface area contributed by atoms with Crippen molar-refractivity contribution in [2.24, 2.45) is 7.05 Å². The Morgan fingerprint density at radius 1 is 1.45 bits per heavy atom. The van der Waals surface area contributed by atoms with Crippen molar-refractivity contribution < 1.29 is 9.53 Å². The molecule has 1 aliphatic rings. The van der Waals surface area contributed by atoms with E-state index in [9.17, 15) is 4.79 Å². The summed E-state index contributed by atoms with van der Waals surface area (Å²) >= 11 is 0. The van der Waals surface area contributed by atoms with Gasteiger partial charge >= 0.3 is 0 Å².